The van der Waals surface area contributed by atoms with Crippen molar-refractivity contribution in [1.82, 2.24) is 9.97 Å². The van der Waals surface area contributed by atoms with Crippen molar-refractivity contribution >= 4 is 35.4 Å². The second kappa shape index (κ2) is 5.99. The number of aromatic nitrogens is 2. The molecule has 6 heteroatoms. The van der Waals surface area contributed by atoms with Gasteiger partial charge in [0.25, 0.3) is 0 Å². The fourth-order valence-electron chi connectivity index (χ4n) is 1.56. The Morgan fingerprint density at radius 1 is 1.11 bits per heavy atom. The number of hydrogen-bond donors (Lipinski definition) is 1. The fraction of sp³-hybridized carbons (Fsp3) is 0.154. The molecule has 2 rings (SSSR count). The summed E-state index contributed by atoms with van der Waals surface area (Å²) in [6, 6.07) is 7.17. The van der Waals surface area contributed by atoms with Crippen LogP contribution in [0.25, 0.3) is 0 Å². The molecule has 0 saturated heterocycles. The number of halogens is 2. The summed E-state index contributed by atoms with van der Waals surface area (Å²) >= 11 is 12.1. The molecule has 0 unspecified atom stereocenters. The van der Waals surface area contributed by atoms with E-state index < -0.39 is 0 Å². The maximum absolute atomic E-state index is 6.03. The Balaban J connectivity index is 2.16. The fourth-order valence-corrected chi connectivity index (χ4v) is 2.06. The van der Waals surface area contributed by atoms with Crippen LogP contribution in [0, 0.1) is 13.8 Å². The van der Waals surface area contributed by atoms with Crippen molar-refractivity contribution in [1.29, 1.82) is 0 Å². The van der Waals surface area contributed by atoms with Crippen LogP contribution in [0.1, 0.15) is 17.0 Å². The molecule has 0 aliphatic rings. The lowest BCUT2D eigenvalue weighted by Crippen LogP contribution is -2.00. The highest BCUT2D eigenvalue weighted by Gasteiger charge is 2.02. The van der Waals surface area contributed by atoms with Crippen LogP contribution in [0.15, 0.2) is 29.4 Å². The molecular weight excluding hydrogens is 283 g/mol. The second-order valence-corrected chi connectivity index (χ2v) is 4.79. The summed E-state index contributed by atoms with van der Waals surface area (Å²) in [7, 11) is 0. The Kier molecular flexibility index (Phi) is 4.35. The predicted octanol–water partition coefficient (Wildman–Crippen LogP) is 3.85. The Morgan fingerprint density at radius 3 is 2.26 bits per heavy atom. The first-order chi connectivity index (χ1) is 9.06. The van der Waals surface area contributed by atoms with Crippen LogP contribution in [0.5, 0.6) is 0 Å². The standard InChI is InChI=1S/C13H12Cl2N4/c1-8-6-9(2)18-13(17-8)19-16-7-10-11(14)4-3-5-12(10)15/h3-7H,1-2H3,(H,17,18,19). The molecule has 1 heterocycles. The molecule has 1 aromatic carbocycles. The number of aryl methyl sites for hydroxylation is 2. The zero-order valence-corrected chi connectivity index (χ0v) is 12.0. The van der Waals surface area contributed by atoms with Gasteiger partial charge < -0.3 is 0 Å². The maximum atomic E-state index is 6.03. The van der Waals surface area contributed by atoms with Crippen LogP contribution in [-0.4, -0.2) is 16.2 Å². The summed E-state index contributed by atoms with van der Waals surface area (Å²) in [4.78, 5) is 8.42. The average molecular weight is 295 g/mol. The molecule has 0 spiro atoms. The second-order valence-electron chi connectivity index (χ2n) is 3.98. The van der Waals surface area contributed by atoms with Crippen molar-refractivity contribution in [3.8, 4) is 0 Å². The van der Waals surface area contributed by atoms with Crippen LogP contribution >= 0.6 is 23.2 Å². The van der Waals surface area contributed by atoms with Gasteiger partial charge in [0, 0.05) is 17.0 Å². The topological polar surface area (TPSA) is 50.2 Å². The van der Waals surface area contributed by atoms with Gasteiger partial charge in [0.1, 0.15) is 0 Å². The molecule has 0 atom stereocenters. The van der Waals surface area contributed by atoms with E-state index in [4.69, 9.17) is 23.2 Å². The predicted molar refractivity (Wildman–Crippen MR) is 79.2 cm³/mol. The van der Waals surface area contributed by atoms with Crippen molar-refractivity contribution in [3.63, 3.8) is 0 Å². The minimum atomic E-state index is 0.442. The van der Waals surface area contributed by atoms with Gasteiger partial charge in [-0.3, -0.25) is 0 Å². The number of hydrazone groups is 1. The Hall–Kier alpha value is -1.65. The molecule has 2 aromatic rings. The first-order valence-electron chi connectivity index (χ1n) is 5.61. The molecular formula is C13H12Cl2N4. The van der Waals surface area contributed by atoms with Crippen LogP contribution < -0.4 is 5.43 Å². The minimum absolute atomic E-state index is 0.442. The van der Waals surface area contributed by atoms with Crippen LogP contribution in [0.4, 0.5) is 5.95 Å². The molecule has 0 saturated carbocycles. The number of benzene rings is 1. The molecule has 0 aliphatic carbocycles. The summed E-state index contributed by atoms with van der Waals surface area (Å²) in [6.45, 7) is 3.79. The summed E-state index contributed by atoms with van der Waals surface area (Å²) < 4.78 is 0. The highest BCUT2D eigenvalue weighted by atomic mass is 35.5. The van der Waals surface area contributed by atoms with Gasteiger partial charge in [0.2, 0.25) is 5.95 Å². The Morgan fingerprint density at radius 2 is 1.68 bits per heavy atom. The van der Waals surface area contributed by atoms with Gasteiger partial charge in [-0.15, -0.1) is 0 Å². The van der Waals surface area contributed by atoms with Crippen molar-refractivity contribution < 1.29 is 0 Å². The third kappa shape index (κ3) is 3.66. The normalized spacial score (nSPS) is 10.9. The molecule has 1 N–H and O–H groups in total. The quantitative estimate of drug-likeness (QED) is 0.691. The van der Waals surface area contributed by atoms with Gasteiger partial charge in [-0.2, -0.15) is 5.10 Å². The van der Waals surface area contributed by atoms with Crippen molar-refractivity contribution in [2.75, 3.05) is 5.43 Å². The molecule has 0 fully saturated rings. The lowest BCUT2D eigenvalue weighted by Gasteiger charge is -2.03. The van der Waals surface area contributed by atoms with Crippen LogP contribution in [-0.2, 0) is 0 Å². The molecule has 0 bridgehead atoms. The molecule has 0 amide bonds. The Labute approximate surface area is 121 Å². The van der Waals surface area contributed by atoms with Gasteiger partial charge in [0.15, 0.2) is 0 Å². The van der Waals surface area contributed by atoms with Gasteiger partial charge in [-0.25, -0.2) is 15.4 Å². The van der Waals surface area contributed by atoms with E-state index in [0.717, 1.165) is 11.4 Å². The van der Waals surface area contributed by atoms with Gasteiger partial charge in [0.05, 0.1) is 16.3 Å². The number of nitrogens with zero attached hydrogens (tertiary/aromatic N) is 3. The smallest absolute Gasteiger partial charge is 0.243 e. The molecule has 0 aliphatic heterocycles. The molecule has 1 aromatic heterocycles. The highest BCUT2D eigenvalue weighted by molar-refractivity contribution is 6.38. The van der Waals surface area contributed by atoms with Crippen molar-refractivity contribution in [2.24, 2.45) is 5.10 Å². The summed E-state index contributed by atoms with van der Waals surface area (Å²) in [5.41, 5.74) is 5.17. The number of hydrogen-bond acceptors (Lipinski definition) is 4. The number of nitrogens with one attached hydrogen (secondary N) is 1. The van der Waals surface area contributed by atoms with Gasteiger partial charge >= 0.3 is 0 Å². The van der Waals surface area contributed by atoms with Crippen molar-refractivity contribution in [2.45, 2.75) is 13.8 Å². The highest BCUT2D eigenvalue weighted by Crippen LogP contribution is 2.22. The van der Waals surface area contributed by atoms with Crippen molar-refractivity contribution in [3.05, 3.63) is 51.3 Å². The monoisotopic (exact) mass is 294 g/mol. The van der Waals surface area contributed by atoms with Crippen LogP contribution in [0.3, 0.4) is 0 Å². The zero-order chi connectivity index (χ0) is 13.8. The zero-order valence-electron chi connectivity index (χ0n) is 10.5. The molecule has 19 heavy (non-hydrogen) atoms. The summed E-state index contributed by atoms with van der Waals surface area (Å²) in [6.07, 6.45) is 1.55. The van der Waals surface area contributed by atoms with E-state index in [1.807, 2.05) is 19.9 Å². The average Bonchev–Trinajstić information content (AvgIpc) is 2.32. The van der Waals surface area contributed by atoms with E-state index in [2.05, 4.69) is 20.5 Å². The molecule has 4 nitrogen and oxygen atoms in total. The van der Waals surface area contributed by atoms with E-state index in [9.17, 15) is 0 Å². The largest absolute Gasteiger partial charge is 0.245 e. The number of anilines is 1. The summed E-state index contributed by atoms with van der Waals surface area (Å²) in [5.74, 6) is 0.442. The first-order valence-corrected chi connectivity index (χ1v) is 6.37. The lowest BCUT2D eigenvalue weighted by atomic mass is 10.2. The Bertz CT molecular complexity index is 586. The third-order valence-corrected chi connectivity index (χ3v) is 3.00. The molecule has 98 valence electrons. The summed E-state index contributed by atoms with van der Waals surface area (Å²) in [5, 5.41) is 5.13. The van der Waals surface area contributed by atoms with E-state index >= 15 is 0 Å². The maximum Gasteiger partial charge on any atom is 0.243 e. The van der Waals surface area contributed by atoms with Gasteiger partial charge in [-0.1, -0.05) is 29.3 Å². The van der Waals surface area contributed by atoms with Crippen LogP contribution in [0.2, 0.25) is 10.0 Å². The van der Waals surface area contributed by atoms with E-state index in [-0.39, 0.29) is 0 Å². The van der Waals surface area contributed by atoms with E-state index in [0.29, 0.717) is 21.6 Å². The minimum Gasteiger partial charge on any atom is -0.245 e. The number of rotatable bonds is 3. The first kappa shape index (κ1) is 13.8. The van der Waals surface area contributed by atoms with E-state index in [1.165, 1.54) is 0 Å². The lowest BCUT2D eigenvalue weighted by molar-refractivity contribution is 1.04. The SMILES string of the molecule is Cc1cc(C)nc(NN=Cc2c(Cl)cccc2Cl)n1. The molecule has 0 radical (unpaired) electrons. The third-order valence-electron chi connectivity index (χ3n) is 2.34. The van der Waals surface area contributed by atoms with E-state index in [1.54, 1.807) is 24.4 Å². The van der Waals surface area contributed by atoms with Gasteiger partial charge in [-0.05, 0) is 32.0 Å².